The molecule has 2 amide bonds. The Kier molecular flexibility index (Phi) is 5.16. The van der Waals surface area contributed by atoms with Crippen molar-refractivity contribution in [2.75, 3.05) is 32.1 Å². The summed E-state index contributed by atoms with van der Waals surface area (Å²) in [5.41, 5.74) is 6.06. The molecule has 1 heterocycles. The number of nitrogens with two attached hydrogens (primary N) is 1. The largest absolute Gasteiger partial charge is 0.497 e. The van der Waals surface area contributed by atoms with Crippen molar-refractivity contribution in [3.63, 3.8) is 0 Å². The molecular formula is C15H22N3O3+. The first-order valence-electron chi connectivity index (χ1n) is 7.15. The number of nitrogens with one attached hydrogen (secondary N) is 2. The minimum Gasteiger partial charge on any atom is -0.497 e. The Labute approximate surface area is 124 Å². The van der Waals surface area contributed by atoms with Crippen molar-refractivity contribution in [3.05, 3.63) is 24.3 Å². The van der Waals surface area contributed by atoms with E-state index in [1.54, 1.807) is 19.2 Å². The van der Waals surface area contributed by atoms with Gasteiger partial charge in [-0.1, -0.05) is 0 Å². The fraction of sp³-hybridized carbons (Fsp3) is 0.467. The van der Waals surface area contributed by atoms with E-state index in [-0.39, 0.29) is 17.7 Å². The van der Waals surface area contributed by atoms with Gasteiger partial charge in [-0.25, -0.2) is 0 Å². The molecule has 0 atom stereocenters. The van der Waals surface area contributed by atoms with E-state index in [0.29, 0.717) is 6.54 Å². The van der Waals surface area contributed by atoms with Gasteiger partial charge in [-0.15, -0.1) is 0 Å². The predicted molar refractivity (Wildman–Crippen MR) is 79.1 cm³/mol. The number of rotatable bonds is 5. The number of ether oxygens (including phenoxy) is 1. The van der Waals surface area contributed by atoms with Gasteiger partial charge in [0.2, 0.25) is 5.91 Å². The Morgan fingerprint density at radius 2 is 1.90 bits per heavy atom. The number of hydrogen-bond donors (Lipinski definition) is 3. The van der Waals surface area contributed by atoms with Gasteiger partial charge >= 0.3 is 0 Å². The standard InChI is InChI=1S/C15H21N3O3/c1-21-13-4-2-12(3-5-13)17-14(19)10-18-8-6-11(7-9-18)15(16)20/h2-5,11H,6-10H2,1H3,(H2,16,20)(H,17,19)/p+1. The first-order chi connectivity index (χ1) is 10.1. The highest BCUT2D eigenvalue weighted by Gasteiger charge is 2.26. The minimum atomic E-state index is -0.225. The number of benzene rings is 1. The molecule has 0 radical (unpaired) electrons. The number of methoxy groups -OCH3 is 1. The third-order valence-corrected chi connectivity index (χ3v) is 3.88. The van der Waals surface area contributed by atoms with Crippen LogP contribution in [-0.4, -0.2) is 38.6 Å². The quantitative estimate of drug-likeness (QED) is 0.678. The highest BCUT2D eigenvalue weighted by molar-refractivity contribution is 5.91. The Morgan fingerprint density at radius 1 is 1.29 bits per heavy atom. The molecule has 21 heavy (non-hydrogen) atoms. The summed E-state index contributed by atoms with van der Waals surface area (Å²) < 4.78 is 5.07. The number of primary amides is 1. The minimum absolute atomic E-state index is 0.0207. The van der Waals surface area contributed by atoms with Gasteiger partial charge in [0, 0.05) is 24.4 Å². The second kappa shape index (κ2) is 7.08. The summed E-state index contributed by atoms with van der Waals surface area (Å²) in [7, 11) is 1.60. The van der Waals surface area contributed by atoms with Gasteiger partial charge in [-0.3, -0.25) is 9.59 Å². The monoisotopic (exact) mass is 292 g/mol. The zero-order valence-electron chi connectivity index (χ0n) is 12.2. The van der Waals surface area contributed by atoms with Crippen LogP contribution in [0, 0.1) is 5.92 Å². The number of carbonyl (C=O) groups excluding carboxylic acids is 2. The maximum Gasteiger partial charge on any atom is 0.279 e. The molecule has 1 aromatic rings. The van der Waals surface area contributed by atoms with Crippen LogP contribution in [-0.2, 0) is 9.59 Å². The van der Waals surface area contributed by atoms with Gasteiger partial charge in [0.25, 0.3) is 5.91 Å². The topological polar surface area (TPSA) is 85.9 Å². The Balaban J connectivity index is 1.78. The van der Waals surface area contributed by atoms with Gasteiger partial charge in [-0.05, 0) is 24.3 Å². The van der Waals surface area contributed by atoms with E-state index in [1.807, 2.05) is 12.1 Å². The van der Waals surface area contributed by atoms with Gasteiger partial charge in [0.15, 0.2) is 6.54 Å². The third kappa shape index (κ3) is 4.46. The van der Waals surface area contributed by atoms with Crippen LogP contribution >= 0.6 is 0 Å². The molecule has 1 saturated heterocycles. The lowest BCUT2D eigenvalue weighted by Gasteiger charge is -2.27. The molecule has 2 rings (SSSR count). The molecule has 0 aliphatic carbocycles. The van der Waals surface area contributed by atoms with E-state index in [2.05, 4.69) is 5.32 Å². The lowest BCUT2D eigenvalue weighted by atomic mass is 9.96. The molecule has 1 aliphatic rings. The van der Waals surface area contributed by atoms with Gasteiger partial charge in [0.1, 0.15) is 5.75 Å². The highest BCUT2D eigenvalue weighted by Crippen LogP contribution is 2.14. The lowest BCUT2D eigenvalue weighted by Crippen LogP contribution is -3.14. The van der Waals surface area contributed by atoms with Crippen LogP contribution in [0.3, 0.4) is 0 Å². The number of carbonyl (C=O) groups is 2. The first-order valence-corrected chi connectivity index (χ1v) is 7.15. The number of likely N-dealkylation sites (tertiary alicyclic amines) is 1. The van der Waals surface area contributed by atoms with Crippen LogP contribution < -0.4 is 20.7 Å². The van der Waals surface area contributed by atoms with Crippen LogP contribution in [0.2, 0.25) is 0 Å². The second-order valence-electron chi connectivity index (χ2n) is 5.38. The van der Waals surface area contributed by atoms with E-state index in [9.17, 15) is 9.59 Å². The van der Waals surface area contributed by atoms with Crippen molar-refractivity contribution in [1.82, 2.24) is 0 Å². The van der Waals surface area contributed by atoms with E-state index in [4.69, 9.17) is 10.5 Å². The number of quaternary nitrogens is 1. The second-order valence-corrected chi connectivity index (χ2v) is 5.38. The Bertz CT molecular complexity index is 493. The molecule has 0 unspecified atom stereocenters. The van der Waals surface area contributed by atoms with Crippen LogP contribution in [0.1, 0.15) is 12.8 Å². The van der Waals surface area contributed by atoms with Crippen molar-refractivity contribution in [1.29, 1.82) is 0 Å². The number of piperidine rings is 1. The van der Waals surface area contributed by atoms with Gasteiger partial charge in [0.05, 0.1) is 20.2 Å². The molecule has 6 nitrogen and oxygen atoms in total. The average Bonchev–Trinajstić information content (AvgIpc) is 2.48. The predicted octanol–water partition coefficient (Wildman–Crippen LogP) is -0.586. The molecule has 0 saturated carbocycles. The summed E-state index contributed by atoms with van der Waals surface area (Å²) in [5, 5.41) is 2.87. The van der Waals surface area contributed by atoms with Gasteiger partial charge in [-0.2, -0.15) is 0 Å². The molecule has 1 aliphatic heterocycles. The molecule has 0 spiro atoms. The van der Waals surface area contributed by atoms with E-state index >= 15 is 0 Å². The molecule has 1 aromatic carbocycles. The van der Waals surface area contributed by atoms with Crippen molar-refractivity contribution < 1.29 is 19.2 Å². The third-order valence-electron chi connectivity index (χ3n) is 3.88. The summed E-state index contributed by atoms with van der Waals surface area (Å²) >= 11 is 0. The number of anilines is 1. The molecule has 0 aromatic heterocycles. The van der Waals surface area contributed by atoms with Crippen molar-refractivity contribution in [2.24, 2.45) is 11.7 Å². The zero-order chi connectivity index (χ0) is 15.2. The Morgan fingerprint density at radius 3 is 2.43 bits per heavy atom. The summed E-state index contributed by atoms with van der Waals surface area (Å²) in [6, 6.07) is 7.23. The van der Waals surface area contributed by atoms with Crippen molar-refractivity contribution >= 4 is 17.5 Å². The normalized spacial score (nSPS) is 21.6. The fourth-order valence-electron chi connectivity index (χ4n) is 2.59. The van der Waals surface area contributed by atoms with Crippen LogP contribution in [0.25, 0.3) is 0 Å². The van der Waals surface area contributed by atoms with Crippen molar-refractivity contribution in [2.45, 2.75) is 12.8 Å². The fourth-order valence-corrected chi connectivity index (χ4v) is 2.59. The summed E-state index contributed by atoms with van der Waals surface area (Å²) in [4.78, 5) is 24.3. The molecular weight excluding hydrogens is 270 g/mol. The van der Waals surface area contributed by atoms with Crippen molar-refractivity contribution in [3.8, 4) is 5.75 Å². The smallest absolute Gasteiger partial charge is 0.279 e. The summed E-state index contributed by atoms with van der Waals surface area (Å²) in [6.07, 6.45) is 1.53. The van der Waals surface area contributed by atoms with Crippen LogP contribution in [0.15, 0.2) is 24.3 Å². The SMILES string of the molecule is COc1ccc(NC(=O)C[NH+]2CCC(C(N)=O)CC2)cc1. The molecule has 114 valence electrons. The van der Waals surface area contributed by atoms with E-state index in [1.165, 1.54) is 4.90 Å². The Hall–Kier alpha value is -2.08. The summed E-state index contributed by atoms with van der Waals surface area (Å²) in [6.45, 7) is 2.03. The molecule has 1 fully saturated rings. The number of hydrogen-bond acceptors (Lipinski definition) is 3. The van der Waals surface area contributed by atoms with E-state index in [0.717, 1.165) is 37.4 Å². The maximum atomic E-state index is 12.0. The zero-order valence-corrected chi connectivity index (χ0v) is 12.2. The summed E-state index contributed by atoms with van der Waals surface area (Å²) in [5.74, 6) is 0.481. The number of amides is 2. The maximum absolute atomic E-state index is 12.0. The highest BCUT2D eigenvalue weighted by atomic mass is 16.5. The van der Waals surface area contributed by atoms with Gasteiger partial charge < -0.3 is 20.7 Å². The van der Waals surface area contributed by atoms with Crippen LogP contribution in [0.5, 0.6) is 5.75 Å². The van der Waals surface area contributed by atoms with E-state index < -0.39 is 0 Å². The van der Waals surface area contributed by atoms with Crippen LogP contribution in [0.4, 0.5) is 5.69 Å². The average molecular weight is 292 g/mol. The molecule has 4 N–H and O–H groups in total. The first kappa shape index (κ1) is 15.3. The molecule has 0 bridgehead atoms. The molecule has 6 heteroatoms. The lowest BCUT2D eigenvalue weighted by molar-refractivity contribution is -0.897.